The maximum Gasteiger partial charge on any atom is 0.274 e. The van der Waals surface area contributed by atoms with Crippen LogP contribution in [0.3, 0.4) is 0 Å². The van der Waals surface area contributed by atoms with Gasteiger partial charge in [0, 0.05) is 24.3 Å². The van der Waals surface area contributed by atoms with Crippen LogP contribution in [0.1, 0.15) is 47.3 Å². The minimum Gasteiger partial charge on any atom is -0.491 e. The van der Waals surface area contributed by atoms with E-state index in [1.54, 1.807) is 40.7 Å². The van der Waals surface area contributed by atoms with Crippen LogP contribution in [0.4, 0.5) is 4.39 Å². The van der Waals surface area contributed by atoms with E-state index in [1.165, 1.54) is 12.1 Å². The Morgan fingerprint density at radius 2 is 1.87 bits per heavy atom. The molecule has 2 aliphatic rings. The van der Waals surface area contributed by atoms with Gasteiger partial charge in [-0.2, -0.15) is 0 Å². The molecular weight excluding hydrogens is 403 g/mol. The highest BCUT2D eigenvalue weighted by Gasteiger charge is 2.42. The van der Waals surface area contributed by atoms with Crippen LogP contribution in [0.15, 0.2) is 42.5 Å². The number of benzene rings is 2. The Hall–Kier alpha value is -2.97. The lowest BCUT2D eigenvalue weighted by molar-refractivity contribution is -0.150. The topological polar surface area (TPSA) is 88.1 Å². The molecule has 0 saturated carbocycles. The minimum absolute atomic E-state index is 0.00115. The van der Waals surface area contributed by atoms with E-state index in [0.29, 0.717) is 31.8 Å². The first-order chi connectivity index (χ1) is 14.9. The molecule has 0 spiro atoms. The zero-order chi connectivity index (χ0) is 22.0. The summed E-state index contributed by atoms with van der Waals surface area (Å²) in [5.74, 6) is -0.525. The Morgan fingerprint density at radius 3 is 2.55 bits per heavy atom. The minimum atomic E-state index is -0.645. The monoisotopic (exact) mass is 428 g/mol. The van der Waals surface area contributed by atoms with Crippen molar-refractivity contribution < 1.29 is 28.7 Å². The molecule has 2 aliphatic heterocycles. The van der Waals surface area contributed by atoms with Gasteiger partial charge < -0.3 is 14.4 Å². The van der Waals surface area contributed by atoms with Crippen molar-refractivity contribution in [2.45, 2.75) is 32.4 Å². The Balaban J connectivity index is 1.72. The molecule has 1 saturated heterocycles. The molecule has 0 radical (unpaired) electrons. The summed E-state index contributed by atoms with van der Waals surface area (Å²) in [5.41, 5.74) is 2.82. The third-order valence-corrected chi connectivity index (χ3v) is 6.17. The standard InChI is InChI=1S/C23H25FN2O5/c1-23(8-10-30-11-9-23)22(28)26-13-17-3-2-16(21(27)25-29)12-20(17)31-14-19(26)15-4-6-18(24)7-5-15/h2-7,12,19,29H,8-11,13-14H2,1H3,(H,25,27)/t19-/m1/s1. The molecule has 2 N–H and O–H groups in total. The number of rotatable bonds is 3. The summed E-state index contributed by atoms with van der Waals surface area (Å²) in [7, 11) is 0. The van der Waals surface area contributed by atoms with Crippen molar-refractivity contribution in [3.63, 3.8) is 0 Å². The Bertz CT molecular complexity index is 972. The number of halogens is 1. The van der Waals surface area contributed by atoms with Crippen molar-refractivity contribution in [3.05, 3.63) is 65.0 Å². The maximum atomic E-state index is 13.8. The van der Waals surface area contributed by atoms with Crippen LogP contribution in [-0.4, -0.2) is 41.7 Å². The number of nitrogens with one attached hydrogen (secondary N) is 1. The summed E-state index contributed by atoms with van der Waals surface area (Å²) in [5, 5.41) is 8.91. The van der Waals surface area contributed by atoms with Crippen LogP contribution in [-0.2, 0) is 16.1 Å². The van der Waals surface area contributed by atoms with E-state index in [1.807, 2.05) is 6.92 Å². The van der Waals surface area contributed by atoms with Gasteiger partial charge in [-0.25, -0.2) is 9.87 Å². The second-order valence-corrected chi connectivity index (χ2v) is 8.25. The van der Waals surface area contributed by atoms with Crippen molar-refractivity contribution in [2.75, 3.05) is 19.8 Å². The zero-order valence-corrected chi connectivity index (χ0v) is 17.3. The van der Waals surface area contributed by atoms with Crippen molar-refractivity contribution >= 4 is 11.8 Å². The average Bonchev–Trinajstić information content (AvgIpc) is 2.98. The van der Waals surface area contributed by atoms with Crippen molar-refractivity contribution in [1.82, 2.24) is 10.4 Å². The molecule has 1 atom stereocenters. The summed E-state index contributed by atoms with van der Waals surface area (Å²) < 4.78 is 25.0. The molecule has 0 aromatic heterocycles. The Labute approximate surface area is 179 Å². The fraction of sp³-hybridized carbons (Fsp3) is 0.391. The predicted molar refractivity (Wildman–Crippen MR) is 109 cm³/mol. The third-order valence-electron chi connectivity index (χ3n) is 6.17. The summed E-state index contributed by atoms with van der Waals surface area (Å²) in [6.45, 7) is 3.46. The first-order valence-electron chi connectivity index (χ1n) is 10.3. The number of nitrogens with zero attached hydrogens (tertiary/aromatic N) is 1. The second-order valence-electron chi connectivity index (χ2n) is 8.25. The van der Waals surface area contributed by atoms with Crippen molar-refractivity contribution in [2.24, 2.45) is 5.41 Å². The Kier molecular flexibility index (Phi) is 5.93. The van der Waals surface area contributed by atoms with Gasteiger partial charge in [0.1, 0.15) is 18.2 Å². The fourth-order valence-corrected chi connectivity index (χ4v) is 4.13. The van der Waals surface area contributed by atoms with Crippen molar-refractivity contribution in [1.29, 1.82) is 0 Å². The van der Waals surface area contributed by atoms with Crippen LogP contribution in [0, 0.1) is 11.2 Å². The second kappa shape index (κ2) is 8.64. The average molecular weight is 428 g/mol. The molecule has 7 nitrogen and oxygen atoms in total. The number of fused-ring (bicyclic) bond motifs is 1. The molecule has 2 heterocycles. The number of amides is 2. The molecule has 8 heteroatoms. The van der Waals surface area contributed by atoms with E-state index in [4.69, 9.17) is 14.7 Å². The van der Waals surface area contributed by atoms with E-state index in [0.717, 1.165) is 11.1 Å². The molecule has 4 rings (SSSR count). The van der Waals surface area contributed by atoms with E-state index >= 15 is 0 Å². The van der Waals surface area contributed by atoms with Gasteiger partial charge in [0.15, 0.2) is 0 Å². The number of carbonyl (C=O) groups excluding carboxylic acids is 2. The quantitative estimate of drug-likeness (QED) is 0.579. The molecule has 1 fully saturated rings. The van der Waals surface area contributed by atoms with Crippen LogP contribution in [0.2, 0.25) is 0 Å². The number of hydrogen-bond acceptors (Lipinski definition) is 5. The molecule has 2 aromatic carbocycles. The van der Waals surface area contributed by atoms with Gasteiger partial charge in [-0.15, -0.1) is 0 Å². The summed E-state index contributed by atoms with van der Waals surface area (Å²) in [6, 6.07) is 10.5. The number of ether oxygens (including phenoxy) is 2. The lowest BCUT2D eigenvalue weighted by Crippen LogP contribution is -2.47. The summed E-state index contributed by atoms with van der Waals surface area (Å²) in [4.78, 5) is 27.3. The lowest BCUT2D eigenvalue weighted by Gasteiger charge is -2.39. The lowest BCUT2D eigenvalue weighted by atomic mass is 9.80. The van der Waals surface area contributed by atoms with Crippen LogP contribution >= 0.6 is 0 Å². The van der Waals surface area contributed by atoms with Gasteiger partial charge in [-0.1, -0.05) is 25.1 Å². The normalized spacial score (nSPS) is 20.2. The molecule has 164 valence electrons. The molecule has 0 bridgehead atoms. The highest BCUT2D eigenvalue weighted by atomic mass is 19.1. The van der Waals surface area contributed by atoms with E-state index < -0.39 is 17.4 Å². The third kappa shape index (κ3) is 4.26. The smallest absolute Gasteiger partial charge is 0.274 e. The van der Waals surface area contributed by atoms with Crippen LogP contribution in [0.5, 0.6) is 5.75 Å². The SMILES string of the molecule is CC1(C(=O)N2Cc3ccc(C(=O)NO)cc3OC[C@@H]2c2ccc(F)cc2)CCOCC1. The van der Waals surface area contributed by atoms with Crippen molar-refractivity contribution in [3.8, 4) is 5.75 Å². The van der Waals surface area contributed by atoms with E-state index in [2.05, 4.69) is 0 Å². The van der Waals surface area contributed by atoms with Gasteiger partial charge in [0.2, 0.25) is 5.91 Å². The molecular formula is C23H25FN2O5. The number of hydrogen-bond donors (Lipinski definition) is 2. The number of carbonyl (C=O) groups is 2. The largest absolute Gasteiger partial charge is 0.491 e. The van der Waals surface area contributed by atoms with Gasteiger partial charge in [0.05, 0.1) is 18.0 Å². The molecule has 2 amide bonds. The van der Waals surface area contributed by atoms with Gasteiger partial charge in [-0.05, 0) is 42.7 Å². The highest BCUT2D eigenvalue weighted by molar-refractivity contribution is 5.94. The number of hydroxylamine groups is 1. The fourth-order valence-electron chi connectivity index (χ4n) is 4.13. The zero-order valence-electron chi connectivity index (χ0n) is 17.3. The summed E-state index contributed by atoms with van der Waals surface area (Å²) in [6.07, 6.45) is 1.25. The van der Waals surface area contributed by atoms with Gasteiger partial charge in [-0.3, -0.25) is 14.8 Å². The molecule has 0 unspecified atom stereocenters. The maximum absolute atomic E-state index is 13.8. The molecule has 0 aliphatic carbocycles. The van der Waals surface area contributed by atoms with Gasteiger partial charge >= 0.3 is 0 Å². The van der Waals surface area contributed by atoms with E-state index in [-0.39, 0.29) is 30.4 Å². The summed E-state index contributed by atoms with van der Waals surface area (Å²) >= 11 is 0. The molecule has 2 aromatic rings. The van der Waals surface area contributed by atoms with Gasteiger partial charge in [0.25, 0.3) is 5.91 Å². The van der Waals surface area contributed by atoms with Crippen LogP contribution in [0.25, 0.3) is 0 Å². The Morgan fingerprint density at radius 1 is 1.16 bits per heavy atom. The highest BCUT2D eigenvalue weighted by Crippen LogP contribution is 2.39. The predicted octanol–water partition coefficient (Wildman–Crippen LogP) is 3.22. The van der Waals surface area contributed by atoms with Crippen LogP contribution < -0.4 is 10.2 Å². The molecule has 31 heavy (non-hydrogen) atoms. The van der Waals surface area contributed by atoms with E-state index in [9.17, 15) is 14.0 Å². The first kappa shape index (κ1) is 21.3. The first-order valence-corrected chi connectivity index (χ1v) is 10.3.